The number of likely N-dealkylation sites (N-methyl/N-ethyl adjacent to an activating group) is 1. The first-order valence-electron chi connectivity index (χ1n) is 13.1. The monoisotopic (exact) mass is 549 g/mol. The van der Waals surface area contributed by atoms with E-state index in [1.54, 1.807) is 0 Å². The van der Waals surface area contributed by atoms with Crippen LogP contribution in [0, 0.1) is 0 Å². The third-order valence-electron chi connectivity index (χ3n) is 5.62. The number of rotatable bonds is 16. The molecule has 0 spiro atoms. The Morgan fingerprint density at radius 2 is 1.63 bits per heavy atom. The lowest BCUT2D eigenvalue weighted by Gasteiger charge is -2.41. The molecule has 1 aliphatic heterocycles. The van der Waals surface area contributed by atoms with E-state index in [9.17, 15) is 9.90 Å². The Bertz CT molecular complexity index is 643. The van der Waals surface area contributed by atoms with Gasteiger partial charge in [0.1, 0.15) is 6.61 Å². The van der Waals surface area contributed by atoms with Crippen LogP contribution in [-0.4, -0.2) is 118 Å². The molecular weight excluding hydrogens is 497 g/mol. The van der Waals surface area contributed by atoms with Gasteiger partial charge in [0.15, 0.2) is 23.2 Å². The van der Waals surface area contributed by atoms with Crippen molar-refractivity contribution in [2.75, 3.05) is 66.1 Å². The number of carbonyl (C=O) groups excluding carboxylic acids is 1. The summed E-state index contributed by atoms with van der Waals surface area (Å²) < 4.78 is 24.6. The standard InChI is InChI=1S/C24H53N2O6Si3/c1-10-11-17-29-22-23(27)20-25-13-15-26(2,16-14-25)21-24(28)30-18-12-19-35(9,31-33(3,4)5)32-34(6,7)8/h12,19,23,27H,10-11,13-18,20-22H2,1-9H3/q+1/b19-12-. The van der Waals surface area contributed by atoms with Gasteiger partial charge in [0.2, 0.25) is 0 Å². The molecule has 1 N–H and O–H groups in total. The number of hydrogen-bond donors (Lipinski definition) is 1. The van der Waals surface area contributed by atoms with Gasteiger partial charge in [-0.2, -0.15) is 0 Å². The van der Waals surface area contributed by atoms with Gasteiger partial charge in [-0.3, -0.25) is 4.90 Å². The number of unbranched alkanes of at least 4 members (excludes halogenated alkanes) is 1. The molecule has 0 bridgehead atoms. The van der Waals surface area contributed by atoms with E-state index >= 15 is 0 Å². The Kier molecular flexibility index (Phi) is 13.6. The summed E-state index contributed by atoms with van der Waals surface area (Å²) in [6, 6.07) is 0. The van der Waals surface area contributed by atoms with E-state index in [1.807, 2.05) is 11.8 Å². The Hall–Kier alpha value is -0.379. The molecule has 1 atom stereocenters. The Labute approximate surface area is 217 Å². The second-order valence-corrected chi connectivity index (χ2v) is 24.6. The normalized spacial score (nSPS) is 18.7. The fourth-order valence-electron chi connectivity index (χ4n) is 4.21. The smallest absolute Gasteiger partial charge is 0.362 e. The molecule has 8 nitrogen and oxygen atoms in total. The van der Waals surface area contributed by atoms with Gasteiger partial charge in [0, 0.05) is 26.2 Å². The first-order chi connectivity index (χ1) is 16.0. The van der Waals surface area contributed by atoms with Crippen molar-refractivity contribution in [1.29, 1.82) is 0 Å². The zero-order valence-electron chi connectivity index (χ0n) is 23.9. The van der Waals surface area contributed by atoms with Crippen LogP contribution < -0.4 is 0 Å². The van der Waals surface area contributed by atoms with E-state index in [2.05, 4.69) is 64.7 Å². The fraction of sp³-hybridized carbons (Fsp3) is 0.875. The van der Waals surface area contributed by atoms with Crippen molar-refractivity contribution in [3.63, 3.8) is 0 Å². The van der Waals surface area contributed by atoms with Gasteiger partial charge in [0.25, 0.3) is 0 Å². The number of carbonyl (C=O) groups is 1. The number of aliphatic hydroxyl groups is 1. The highest BCUT2D eigenvalue weighted by molar-refractivity contribution is 6.89. The van der Waals surface area contributed by atoms with Gasteiger partial charge in [-0.1, -0.05) is 19.4 Å². The number of esters is 1. The lowest BCUT2D eigenvalue weighted by atomic mass is 10.2. The van der Waals surface area contributed by atoms with Gasteiger partial charge in [-0.25, -0.2) is 4.79 Å². The molecule has 1 rings (SSSR count). The minimum atomic E-state index is -2.47. The van der Waals surface area contributed by atoms with Crippen molar-refractivity contribution >= 4 is 31.2 Å². The van der Waals surface area contributed by atoms with Crippen molar-refractivity contribution in [3.8, 4) is 0 Å². The average molecular weight is 550 g/mol. The third kappa shape index (κ3) is 15.5. The van der Waals surface area contributed by atoms with Crippen molar-refractivity contribution in [2.45, 2.75) is 71.7 Å². The maximum absolute atomic E-state index is 12.6. The molecule has 1 saturated heterocycles. The van der Waals surface area contributed by atoms with E-state index in [0.29, 0.717) is 30.8 Å². The second kappa shape index (κ2) is 14.5. The Morgan fingerprint density at radius 1 is 1.06 bits per heavy atom. The highest BCUT2D eigenvalue weighted by Gasteiger charge is 2.38. The van der Waals surface area contributed by atoms with Crippen LogP contribution in [0.25, 0.3) is 0 Å². The SMILES string of the molecule is CCCCOCC(O)CN1CC[N+](C)(CC(=O)OC/C=C\[Si](C)(O[Si](C)(C)C)O[Si](C)(C)C)CC1. The van der Waals surface area contributed by atoms with Gasteiger partial charge < -0.3 is 27.3 Å². The predicted octanol–water partition coefficient (Wildman–Crippen LogP) is 3.34. The van der Waals surface area contributed by atoms with Gasteiger partial charge in [-0.05, 0) is 57.9 Å². The predicted molar refractivity (Wildman–Crippen MR) is 150 cm³/mol. The van der Waals surface area contributed by atoms with Gasteiger partial charge in [-0.15, -0.1) is 0 Å². The first-order valence-corrected chi connectivity index (χ1v) is 22.3. The van der Waals surface area contributed by atoms with Gasteiger partial charge in [0.05, 0.1) is 32.8 Å². The number of hydrogen-bond acceptors (Lipinski definition) is 7. The summed E-state index contributed by atoms with van der Waals surface area (Å²) in [6.45, 7) is 23.0. The maximum atomic E-state index is 12.6. The van der Waals surface area contributed by atoms with Crippen LogP contribution in [0.3, 0.4) is 0 Å². The lowest BCUT2D eigenvalue weighted by molar-refractivity contribution is -0.906. The number of nitrogens with zero attached hydrogens (tertiary/aromatic N) is 2. The fourth-order valence-corrected chi connectivity index (χ4v) is 15.5. The molecule has 35 heavy (non-hydrogen) atoms. The number of aliphatic hydroxyl groups excluding tert-OH is 1. The molecule has 0 amide bonds. The minimum Gasteiger partial charge on any atom is -0.457 e. The quantitative estimate of drug-likeness (QED) is 0.137. The van der Waals surface area contributed by atoms with Crippen LogP contribution in [0.1, 0.15) is 19.8 Å². The summed E-state index contributed by atoms with van der Waals surface area (Å²) in [5.74, 6) is -0.185. The average Bonchev–Trinajstić information content (AvgIpc) is 2.67. The summed E-state index contributed by atoms with van der Waals surface area (Å²) in [5, 5.41) is 10.2. The van der Waals surface area contributed by atoms with Crippen LogP contribution in [0.15, 0.2) is 11.8 Å². The van der Waals surface area contributed by atoms with Crippen molar-refractivity contribution in [1.82, 2.24) is 4.90 Å². The van der Waals surface area contributed by atoms with Crippen LogP contribution in [-0.2, 0) is 22.5 Å². The molecule has 0 aromatic rings. The molecule has 0 aromatic heterocycles. The Morgan fingerprint density at radius 3 is 2.14 bits per heavy atom. The zero-order valence-corrected chi connectivity index (χ0v) is 26.9. The molecular formula is C24H53N2O6Si3+. The lowest BCUT2D eigenvalue weighted by Crippen LogP contribution is -2.60. The summed E-state index contributed by atoms with van der Waals surface area (Å²) >= 11 is 0. The molecule has 0 saturated carbocycles. The third-order valence-corrected chi connectivity index (χ3v) is 14.6. The van der Waals surface area contributed by atoms with Crippen LogP contribution in [0.4, 0.5) is 0 Å². The van der Waals surface area contributed by atoms with E-state index in [-0.39, 0.29) is 12.6 Å². The van der Waals surface area contributed by atoms with Crippen molar-refractivity contribution in [2.24, 2.45) is 0 Å². The summed E-state index contributed by atoms with van der Waals surface area (Å²) in [5.41, 5.74) is 2.03. The van der Waals surface area contributed by atoms with E-state index in [4.69, 9.17) is 17.7 Å². The van der Waals surface area contributed by atoms with Gasteiger partial charge >= 0.3 is 14.5 Å². The molecule has 0 radical (unpaired) electrons. The molecule has 11 heteroatoms. The number of piperazine rings is 1. The van der Waals surface area contributed by atoms with E-state index in [0.717, 1.165) is 39.0 Å². The highest BCUT2D eigenvalue weighted by atomic mass is 28.5. The molecule has 1 aliphatic rings. The molecule has 0 aromatic carbocycles. The highest BCUT2D eigenvalue weighted by Crippen LogP contribution is 2.21. The molecule has 1 heterocycles. The molecule has 1 fully saturated rings. The van der Waals surface area contributed by atoms with Crippen molar-refractivity contribution < 1.29 is 32.1 Å². The first kappa shape index (κ1) is 32.6. The molecule has 0 aliphatic carbocycles. The van der Waals surface area contributed by atoms with Crippen LogP contribution in [0.5, 0.6) is 0 Å². The van der Waals surface area contributed by atoms with Crippen LogP contribution >= 0.6 is 0 Å². The largest absolute Gasteiger partial charge is 0.457 e. The number of quaternary nitrogens is 1. The maximum Gasteiger partial charge on any atom is 0.362 e. The van der Waals surface area contributed by atoms with Crippen LogP contribution in [0.2, 0.25) is 45.8 Å². The Balaban J connectivity index is 2.45. The van der Waals surface area contributed by atoms with Crippen molar-refractivity contribution in [3.05, 3.63) is 11.8 Å². The summed E-state index contributed by atoms with van der Waals surface area (Å²) in [6.07, 6.45) is 3.55. The number of β-amino-alcohol motifs (C(OH)–C–C–N with tert-alkyl or cyclic N) is 1. The topological polar surface area (TPSA) is 77.5 Å². The summed E-state index contributed by atoms with van der Waals surface area (Å²) in [4.78, 5) is 14.8. The van der Waals surface area contributed by atoms with E-state index in [1.165, 1.54) is 0 Å². The minimum absolute atomic E-state index is 0.185. The zero-order chi connectivity index (χ0) is 26.8. The second-order valence-electron chi connectivity index (χ2n) is 12.1. The summed E-state index contributed by atoms with van der Waals surface area (Å²) in [7, 11) is -3.91. The molecule has 206 valence electrons. The molecule has 1 unspecified atom stereocenters. The number of ether oxygens (including phenoxy) is 2. The van der Waals surface area contributed by atoms with E-state index < -0.39 is 31.3 Å².